The Bertz CT molecular complexity index is 634. The molecule has 4 nitrogen and oxygen atoms in total. The standard InChI is InChI=1S/C13H8FN3O/c14-11-5-12(8-16-7-11)17-13(18)10-3-1-2-9(4-10)6-15/h1-5,7-8H,(H,17,18). The van der Waals surface area contributed by atoms with E-state index in [2.05, 4.69) is 10.3 Å². The van der Waals surface area contributed by atoms with E-state index in [0.717, 1.165) is 6.20 Å². The van der Waals surface area contributed by atoms with Crippen molar-refractivity contribution in [3.63, 3.8) is 0 Å². The zero-order valence-electron chi connectivity index (χ0n) is 9.22. The number of carbonyl (C=O) groups excluding carboxylic acids is 1. The second-order valence-electron chi connectivity index (χ2n) is 3.54. The number of amides is 1. The highest BCUT2D eigenvalue weighted by Gasteiger charge is 2.07. The van der Waals surface area contributed by atoms with Gasteiger partial charge in [0.15, 0.2) is 0 Å². The Balaban J connectivity index is 2.20. The largest absolute Gasteiger partial charge is 0.320 e. The number of nitrogens with one attached hydrogen (secondary N) is 1. The number of aromatic nitrogens is 1. The van der Waals surface area contributed by atoms with E-state index in [1.807, 2.05) is 6.07 Å². The summed E-state index contributed by atoms with van der Waals surface area (Å²) in [7, 11) is 0. The lowest BCUT2D eigenvalue weighted by molar-refractivity contribution is 0.102. The summed E-state index contributed by atoms with van der Waals surface area (Å²) in [4.78, 5) is 15.4. The fourth-order valence-corrected chi connectivity index (χ4v) is 1.41. The number of rotatable bonds is 2. The molecule has 0 bridgehead atoms. The minimum Gasteiger partial charge on any atom is -0.320 e. The van der Waals surface area contributed by atoms with Gasteiger partial charge in [-0.2, -0.15) is 5.26 Å². The number of benzene rings is 1. The van der Waals surface area contributed by atoms with E-state index in [4.69, 9.17) is 5.26 Å². The van der Waals surface area contributed by atoms with E-state index in [9.17, 15) is 9.18 Å². The highest BCUT2D eigenvalue weighted by atomic mass is 19.1. The first-order chi connectivity index (χ1) is 8.69. The number of carbonyl (C=O) groups is 1. The van der Waals surface area contributed by atoms with E-state index in [0.29, 0.717) is 11.1 Å². The second kappa shape index (κ2) is 5.06. The van der Waals surface area contributed by atoms with Crippen LogP contribution in [0.5, 0.6) is 0 Å². The van der Waals surface area contributed by atoms with Gasteiger partial charge in [-0.1, -0.05) is 6.07 Å². The predicted octanol–water partition coefficient (Wildman–Crippen LogP) is 2.34. The molecule has 88 valence electrons. The van der Waals surface area contributed by atoms with Crippen LogP contribution in [-0.4, -0.2) is 10.9 Å². The number of halogens is 1. The molecule has 0 saturated heterocycles. The molecular weight excluding hydrogens is 233 g/mol. The lowest BCUT2D eigenvalue weighted by atomic mass is 10.1. The van der Waals surface area contributed by atoms with E-state index in [-0.39, 0.29) is 5.69 Å². The Morgan fingerprint density at radius 3 is 2.89 bits per heavy atom. The highest BCUT2D eigenvalue weighted by Crippen LogP contribution is 2.10. The summed E-state index contributed by atoms with van der Waals surface area (Å²) < 4.78 is 12.9. The molecular formula is C13H8FN3O. The smallest absolute Gasteiger partial charge is 0.255 e. The van der Waals surface area contributed by atoms with Crippen molar-refractivity contribution in [3.8, 4) is 6.07 Å². The number of pyridine rings is 1. The molecule has 1 aromatic heterocycles. The van der Waals surface area contributed by atoms with Gasteiger partial charge < -0.3 is 5.32 Å². The Hall–Kier alpha value is -2.74. The van der Waals surface area contributed by atoms with Crippen molar-refractivity contribution in [3.05, 3.63) is 59.7 Å². The van der Waals surface area contributed by atoms with Gasteiger partial charge >= 0.3 is 0 Å². The lowest BCUT2D eigenvalue weighted by Gasteiger charge is -2.04. The normalized spacial score (nSPS) is 9.56. The minimum atomic E-state index is -0.529. The highest BCUT2D eigenvalue weighted by molar-refractivity contribution is 6.04. The summed E-state index contributed by atoms with van der Waals surface area (Å²) >= 11 is 0. The lowest BCUT2D eigenvalue weighted by Crippen LogP contribution is -2.12. The van der Waals surface area contributed by atoms with Crippen LogP contribution in [0, 0.1) is 17.1 Å². The predicted molar refractivity (Wildman–Crippen MR) is 63.3 cm³/mol. The third kappa shape index (κ3) is 2.68. The van der Waals surface area contributed by atoms with Crippen LogP contribution >= 0.6 is 0 Å². The number of hydrogen-bond donors (Lipinski definition) is 1. The zero-order chi connectivity index (χ0) is 13.0. The average molecular weight is 241 g/mol. The molecule has 0 fully saturated rings. The first-order valence-electron chi connectivity index (χ1n) is 5.11. The van der Waals surface area contributed by atoms with Crippen molar-refractivity contribution < 1.29 is 9.18 Å². The van der Waals surface area contributed by atoms with Crippen molar-refractivity contribution in [2.75, 3.05) is 5.32 Å². The van der Waals surface area contributed by atoms with Crippen LogP contribution in [0.1, 0.15) is 15.9 Å². The van der Waals surface area contributed by atoms with Crippen LogP contribution in [0.15, 0.2) is 42.7 Å². The first kappa shape index (κ1) is 11.7. The Morgan fingerprint density at radius 2 is 2.17 bits per heavy atom. The summed E-state index contributed by atoms with van der Waals surface area (Å²) in [6.07, 6.45) is 2.39. The molecule has 0 aliphatic carbocycles. The fraction of sp³-hybridized carbons (Fsp3) is 0. The summed E-state index contributed by atoms with van der Waals surface area (Å²) in [6, 6.07) is 9.35. The SMILES string of the molecule is N#Cc1cccc(C(=O)Nc2cncc(F)c2)c1. The fourth-order valence-electron chi connectivity index (χ4n) is 1.41. The van der Waals surface area contributed by atoms with Crippen molar-refractivity contribution >= 4 is 11.6 Å². The van der Waals surface area contributed by atoms with Gasteiger partial charge in [-0.15, -0.1) is 0 Å². The number of nitrogens with zero attached hydrogens (tertiary/aromatic N) is 2. The van der Waals surface area contributed by atoms with E-state index < -0.39 is 11.7 Å². The maximum atomic E-state index is 12.9. The van der Waals surface area contributed by atoms with Gasteiger partial charge in [0, 0.05) is 11.6 Å². The summed E-state index contributed by atoms with van der Waals surface area (Å²) in [6.45, 7) is 0. The van der Waals surface area contributed by atoms with Gasteiger partial charge in [-0.25, -0.2) is 4.39 Å². The van der Waals surface area contributed by atoms with Gasteiger partial charge in [0.25, 0.3) is 5.91 Å². The van der Waals surface area contributed by atoms with Crippen molar-refractivity contribution in [1.82, 2.24) is 4.98 Å². The number of hydrogen-bond acceptors (Lipinski definition) is 3. The maximum Gasteiger partial charge on any atom is 0.255 e. The summed E-state index contributed by atoms with van der Waals surface area (Å²) in [5, 5.41) is 11.2. The van der Waals surface area contributed by atoms with Crippen molar-refractivity contribution in [2.24, 2.45) is 0 Å². The molecule has 0 saturated carbocycles. The molecule has 0 aliphatic heterocycles. The molecule has 1 heterocycles. The third-order valence-corrected chi connectivity index (χ3v) is 2.22. The second-order valence-corrected chi connectivity index (χ2v) is 3.54. The summed E-state index contributed by atoms with van der Waals surface area (Å²) in [5.41, 5.74) is 0.987. The molecule has 2 rings (SSSR count). The van der Waals surface area contributed by atoms with Gasteiger partial charge in [-0.3, -0.25) is 9.78 Å². The number of nitriles is 1. The minimum absolute atomic E-state index is 0.266. The average Bonchev–Trinajstić information content (AvgIpc) is 2.39. The van der Waals surface area contributed by atoms with E-state index in [1.165, 1.54) is 18.3 Å². The molecule has 1 amide bonds. The van der Waals surface area contributed by atoms with Crippen LogP contribution in [0.2, 0.25) is 0 Å². The molecule has 0 aliphatic rings. The summed E-state index contributed by atoms with van der Waals surface area (Å²) in [5.74, 6) is -0.946. The molecule has 1 N–H and O–H groups in total. The zero-order valence-corrected chi connectivity index (χ0v) is 9.22. The molecule has 0 radical (unpaired) electrons. The monoisotopic (exact) mass is 241 g/mol. The van der Waals surface area contributed by atoms with Crippen LogP contribution < -0.4 is 5.32 Å². The van der Waals surface area contributed by atoms with E-state index >= 15 is 0 Å². The Morgan fingerprint density at radius 1 is 1.33 bits per heavy atom. The van der Waals surface area contributed by atoms with Gasteiger partial charge in [-0.05, 0) is 18.2 Å². The molecule has 0 atom stereocenters. The topological polar surface area (TPSA) is 65.8 Å². The van der Waals surface area contributed by atoms with Crippen LogP contribution in [0.4, 0.5) is 10.1 Å². The Kier molecular flexibility index (Phi) is 3.30. The Labute approximate surface area is 103 Å². The van der Waals surface area contributed by atoms with Gasteiger partial charge in [0.05, 0.1) is 29.7 Å². The first-order valence-corrected chi connectivity index (χ1v) is 5.11. The molecule has 0 unspecified atom stereocenters. The molecule has 2 aromatic rings. The van der Waals surface area contributed by atoms with Crippen LogP contribution in [0.3, 0.4) is 0 Å². The van der Waals surface area contributed by atoms with Crippen molar-refractivity contribution in [2.45, 2.75) is 0 Å². The maximum absolute atomic E-state index is 12.9. The molecule has 1 aromatic carbocycles. The molecule has 5 heteroatoms. The van der Waals surface area contributed by atoms with Crippen LogP contribution in [0.25, 0.3) is 0 Å². The molecule has 0 spiro atoms. The molecule has 18 heavy (non-hydrogen) atoms. The van der Waals surface area contributed by atoms with Gasteiger partial charge in [0.2, 0.25) is 0 Å². The number of anilines is 1. The van der Waals surface area contributed by atoms with Crippen molar-refractivity contribution in [1.29, 1.82) is 5.26 Å². The van der Waals surface area contributed by atoms with E-state index in [1.54, 1.807) is 18.2 Å². The third-order valence-electron chi connectivity index (χ3n) is 2.22. The van der Waals surface area contributed by atoms with Crippen LogP contribution in [-0.2, 0) is 0 Å². The quantitative estimate of drug-likeness (QED) is 0.877. The van der Waals surface area contributed by atoms with Gasteiger partial charge in [0.1, 0.15) is 5.82 Å².